The number of nitrogens with zero attached hydrogens (tertiary/aromatic N) is 2. The van der Waals surface area contributed by atoms with E-state index in [1.54, 1.807) is 4.90 Å². The van der Waals surface area contributed by atoms with E-state index in [0.29, 0.717) is 24.7 Å². The maximum Gasteiger partial charge on any atom is 0.275 e. The largest absolute Gasteiger partial charge is 0.446 e. The summed E-state index contributed by atoms with van der Waals surface area (Å²) >= 11 is 0. The van der Waals surface area contributed by atoms with Gasteiger partial charge in [0.05, 0.1) is 18.2 Å². The summed E-state index contributed by atoms with van der Waals surface area (Å²) in [6, 6.07) is -0.260. The quantitative estimate of drug-likeness (QED) is 0.893. The van der Waals surface area contributed by atoms with Crippen LogP contribution in [-0.2, 0) is 4.74 Å². The van der Waals surface area contributed by atoms with Crippen molar-refractivity contribution in [1.29, 1.82) is 0 Å². The smallest absolute Gasteiger partial charge is 0.275 e. The van der Waals surface area contributed by atoms with Crippen LogP contribution in [0.25, 0.3) is 0 Å². The lowest BCUT2D eigenvalue weighted by atomic mass is 10.2. The number of carbonyl (C=O) groups is 1. The van der Waals surface area contributed by atoms with E-state index in [0.717, 1.165) is 6.42 Å². The van der Waals surface area contributed by atoms with Gasteiger partial charge in [-0.3, -0.25) is 4.79 Å². The molecular weight excluding hydrogens is 246 g/mol. The first-order valence-corrected chi connectivity index (χ1v) is 6.67. The van der Waals surface area contributed by atoms with Crippen molar-refractivity contribution in [3.8, 4) is 0 Å². The van der Waals surface area contributed by atoms with Gasteiger partial charge in [-0.2, -0.15) is 0 Å². The highest BCUT2D eigenvalue weighted by Crippen LogP contribution is 2.17. The number of rotatable bonds is 3. The Morgan fingerprint density at radius 2 is 2.16 bits per heavy atom. The Labute approximate surface area is 112 Å². The minimum Gasteiger partial charge on any atom is -0.446 e. The molecule has 1 amide bonds. The Morgan fingerprint density at radius 1 is 1.53 bits per heavy atom. The fourth-order valence-electron chi connectivity index (χ4n) is 2.24. The minimum absolute atomic E-state index is 0.0389. The average molecular weight is 267 g/mol. The molecule has 1 aliphatic heterocycles. The molecule has 0 radical (unpaired) electrons. The topological polar surface area (TPSA) is 81.6 Å². The van der Waals surface area contributed by atoms with Crippen molar-refractivity contribution in [1.82, 2.24) is 9.88 Å². The highest BCUT2D eigenvalue weighted by Gasteiger charge is 2.28. The van der Waals surface area contributed by atoms with Gasteiger partial charge in [0.1, 0.15) is 6.26 Å². The first-order valence-electron chi connectivity index (χ1n) is 6.67. The summed E-state index contributed by atoms with van der Waals surface area (Å²) in [5, 5.41) is 0. The van der Waals surface area contributed by atoms with Crippen LogP contribution < -0.4 is 5.73 Å². The van der Waals surface area contributed by atoms with E-state index in [1.165, 1.54) is 6.26 Å². The number of nitrogens with two attached hydrogens (primary N) is 1. The molecule has 0 aromatic carbocycles. The van der Waals surface area contributed by atoms with Crippen LogP contribution in [0.3, 0.4) is 0 Å². The molecule has 3 atom stereocenters. The molecule has 2 N–H and O–H groups in total. The molecule has 1 aromatic heterocycles. The van der Waals surface area contributed by atoms with Gasteiger partial charge in [0.2, 0.25) is 5.89 Å². The van der Waals surface area contributed by atoms with Crippen LogP contribution in [0.1, 0.15) is 49.6 Å². The summed E-state index contributed by atoms with van der Waals surface area (Å²) in [6.45, 7) is 7.01. The SMILES string of the molecule is CCC(N)c1nc(C(=O)N2CC(C)OC(C)C2)co1. The molecule has 19 heavy (non-hydrogen) atoms. The number of ether oxygens (including phenoxy) is 1. The van der Waals surface area contributed by atoms with Crippen LogP contribution in [0.4, 0.5) is 0 Å². The monoisotopic (exact) mass is 267 g/mol. The molecule has 6 nitrogen and oxygen atoms in total. The Hall–Kier alpha value is -1.40. The number of carbonyl (C=O) groups excluding carboxylic acids is 1. The summed E-state index contributed by atoms with van der Waals surface area (Å²) in [5.74, 6) is 0.292. The number of morpholine rings is 1. The van der Waals surface area contributed by atoms with Crippen LogP contribution in [0.2, 0.25) is 0 Å². The maximum absolute atomic E-state index is 12.3. The molecule has 106 valence electrons. The van der Waals surface area contributed by atoms with Crippen molar-refractivity contribution < 1.29 is 13.9 Å². The summed E-state index contributed by atoms with van der Waals surface area (Å²) < 4.78 is 10.9. The van der Waals surface area contributed by atoms with E-state index < -0.39 is 0 Å². The molecule has 1 fully saturated rings. The first kappa shape index (κ1) is 14.0. The maximum atomic E-state index is 12.3. The standard InChI is InChI=1S/C13H21N3O3/c1-4-10(14)12-15-11(7-18-12)13(17)16-5-8(2)19-9(3)6-16/h7-10H,4-6,14H2,1-3H3. The number of amides is 1. The lowest BCUT2D eigenvalue weighted by Crippen LogP contribution is -2.48. The molecular formula is C13H21N3O3. The number of aromatic nitrogens is 1. The third-order valence-corrected chi connectivity index (χ3v) is 3.20. The van der Waals surface area contributed by atoms with Crippen LogP contribution in [-0.4, -0.2) is 41.1 Å². The molecule has 1 aromatic rings. The van der Waals surface area contributed by atoms with Gasteiger partial charge >= 0.3 is 0 Å². The van der Waals surface area contributed by atoms with Gasteiger partial charge < -0.3 is 19.8 Å². The van der Waals surface area contributed by atoms with Crippen molar-refractivity contribution in [2.45, 2.75) is 45.4 Å². The van der Waals surface area contributed by atoms with E-state index in [1.807, 2.05) is 20.8 Å². The Balaban J connectivity index is 2.08. The first-order chi connectivity index (χ1) is 9.01. The summed E-state index contributed by atoms with van der Waals surface area (Å²) in [4.78, 5) is 18.3. The predicted molar refractivity (Wildman–Crippen MR) is 69.6 cm³/mol. The molecule has 2 rings (SSSR count). The Bertz CT molecular complexity index is 436. The summed E-state index contributed by atoms with van der Waals surface area (Å²) in [6.07, 6.45) is 2.19. The van der Waals surface area contributed by atoms with Crippen molar-refractivity contribution in [3.05, 3.63) is 17.8 Å². The summed E-state index contributed by atoms with van der Waals surface area (Å²) in [7, 11) is 0. The van der Waals surface area contributed by atoms with Crippen molar-refractivity contribution >= 4 is 5.91 Å². The molecule has 6 heteroatoms. The zero-order valence-electron chi connectivity index (χ0n) is 11.6. The van der Waals surface area contributed by atoms with Crippen LogP contribution >= 0.6 is 0 Å². The highest BCUT2D eigenvalue weighted by molar-refractivity contribution is 5.92. The number of oxazole rings is 1. The predicted octanol–water partition coefficient (Wildman–Crippen LogP) is 1.33. The lowest BCUT2D eigenvalue weighted by molar-refractivity contribution is -0.0587. The van der Waals surface area contributed by atoms with Crippen LogP contribution in [0.15, 0.2) is 10.7 Å². The van der Waals surface area contributed by atoms with Gasteiger partial charge in [-0.15, -0.1) is 0 Å². The van der Waals surface area contributed by atoms with Crippen molar-refractivity contribution in [2.24, 2.45) is 5.73 Å². The lowest BCUT2D eigenvalue weighted by Gasteiger charge is -2.34. The highest BCUT2D eigenvalue weighted by atomic mass is 16.5. The zero-order valence-corrected chi connectivity index (χ0v) is 11.6. The fraction of sp³-hybridized carbons (Fsp3) is 0.692. The third kappa shape index (κ3) is 3.13. The molecule has 1 aliphatic rings. The molecule has 0 aliphatic carbocycles. The second-order valence-corrected chi connectivity index (χ2v) is 5.05. The van der Waals surface area contributed by atoms with Gasteiger partial charge in [-0.1, -0.05) is 6.92 Å². The second-order valence-electron chi connectivity index (χ2n) is 5.05. The van der Waals surface area contributed by atoms with Gasteiger partial charge in [0.25, 0.3) is 5.91 Å². The third-order valence-electron chi connectivity index (χ3n) is 3.20. The van der Waals surface area contributed by atoms with E-state index >= 15 is 0 Å². The van der Waals surface area contributed by atoms with Crippen molar-refractivity contribution in [3.63, 3.8) is 0 Å². The second kappa shape index (κ2) is 5.71. The zero-order chi connectivity index (χ0) is 14.0. The van der Waals surface area contributed by atoms with Gasteiger partial charge in [0.15, 0.2) is 5.69 Å². The summed E-state index contributed by atoms with van der Waals surface area (Å²) in [5.41, 5.74) is 6.15. The number of hydrogen-bond donors (Lipinski definition) is 1. The minimum atomic E-state index is -0.260. The van der Waals surface area contributed by atoms with Gasteiger partial charge in [-0.05, 0) is 20.3 Å². The van der Waals surface area contributed by atoms with E-state index in [-0.39, 0.29) is 24.2 Å². The van der Waals surface area contributed by atoms with Gasteiger partial charge in [-0.25, -0.2) is 4.98 Å². The Kier molecular flexibility index (Phi) is 4.21. The van der Waals surface area contributed by atoms with Crippen molar-refractivity contribution in [2.75, 3.05) is 13.1 Å². The molecule has 0 saturated carbocycles. The van der Waals surface area contributed by atoms with Crippen LogP contribution in [0, 0.1) is 0 Å². The average Bonchev–Trinajstić information content (AvgIpc) is 2.85. The normalized spacial score (nSPS) is 25.4. The molecule has 0 bridgehead atoms. The molecule has 2 heterocycles. The van der Waals surface area contributed by atoms with E-state index in [9.17, 15) is 4.79 Å². The van der Waals surface area contributed by atoms with Gasteiger partial charge in [0, 0.05) is 13.1 Å². The fourth-order valence-corrected chi connectivity index (χ4v) is 2.24. The van der Waals surface area contributed by atoms with Crippen LogP contribution in [0.5, 0.6) is 0 Å². The molecule has 0 spiro atoms. The molecule has 1 saturated heterocycles. The molecule has 3 unspecified atom stereocenters. The Morgan fingerprint density at radius 3 is 2.74 bits per heavy atom. The van der Waals surface area contributed by atoms with E-state index in [4.69, 9.17) is 14.9 Å². The number of hydrogen-bond acceptors (Lipinski definition) is 5. The van der Waals surface area contributed by atoms with E-state index in [2.05, 4.69) is 4.98 Å².